The maximum atomic E-state index is 15.3. The number of benzene rings is 1. The van der Waals surface area contributed by atoms with Crippen molar-refractivity contribution in [2.24, 2.45) is 13.0 Å². The molecule has 1 aliphatic heterocycles. The van der Waals surface area contributed by atoms with Gasteiger partial charge >= 0.3 is 0 Å². The standard InChI is InChI=1S/C25H28FN7O2S/c1-15(2)18-7-21(26)24(33-11-16(12-33)14-36(4,34)35)20-10-28-23(8-19(18)20)30-22-5-6-27-25(31-22)17-9-29-32(3)13-17/h5-10,13,15-16H,11-12,14H2,1-4H3,(H,27,28,30,31). The van der Waals surface area contributed by atoms with Gasteiger partial charge in [-0.15, -0.1) is 0 Å². The van der Waals surface area contributed by atoms with Crippen LogP contribution in [0, 0.1) is 11.7 Å². The van der Waals surface area contributed by atoms with Gasteiger partial charge in [0.05, 0.1) is 23.2 Å². The SMILES string of the molecule is CC(C)c1cc(F)c(N2CC(CS(C)(=O)=O)C2)c2cnc(Nc3ccnc(-c4cnn(C)c4)n3)cc12. The lowest BCUT2D eigenvalue weighted by Gasteiger charge is -2.41. The molecule has 5 rings (SSSR count). The van der Waals surface area contributed by atoms with Gasteiger partial charge in [0.15, 0.2) is 5.82 Å². The molecule has 0 unspecified atom stereocenters. The Morgan fingerprint density at radius 1 is 1.14 bits per heavy atom. The summed E-state index contributed by atoms with van der Waals surface area (Å²) in [7, 11) is -1.24. The number of nitrogens with one attached hydrogen (secondary N) is 1. The first-order chi connectivity index (χ1) is 17.1. The van der Waals surface area contributed by atoms with Crippen molar-refractivity contribution in [1.82, 2.24) is 24.7 Å². The third kappa shape index (κ3) is 4.88. The van der Waals surface area contributed by atoms with E-state index in [1.54, 1.807) is 35.4 Å². The third-order valence-electron chi connectivity index (χ3n) is 6.29. The highest BCUT2D eigenvalue weighted by molar-refractivity contribution is 7.90. The molecule has 9 nitrogen and oxygen atoms in total. The summed E-state index contributed by atoms with van der Waals surface area (Å²) in [5.74, 6) is 1.59. The number of aryl methyl sites for hydroxylation is 1. The zero-order chi connectivity index (χ0) is 25.6. The molecule has 0 atom stereocenters. The molecule has 0 saturated carbocycles. The van der Waals surface area contributed by atoms with Crippen LogP contribution in [0.3, 0.4) is 0 Å². The number of hydrogen-bond donors (Lipinski definition) is 1. The van der Waals surface area contributed by atoms with Gasteiger partial charge in [-0.1, -0.05) is 13.8 Å². The minimum Gasteiger partial charge on any atom is -0.368 e. The Balaban J connectivity index is 1.47. The predicted molar refractivity (Wildman–Crippen MR) is 139 cm³/mol. The molecule has 1 aromatic carbocycles. The minimum absolute atomic E-state index is 0.0000933. The summed E-state index contributed by atoms with van der Waals surface area (Å²) >= 11 is 0. The van der Waals surface area contributed by atoms with E-state index in [2.05, 4.69) is 25.4 Å². The van der Waals surface area contributed by atoms with Crippen LogP contribution in [0.15, 0.2) is 43.0 Å². The molecule has 0 amide bonds. The summed E-state index contributed by atoms with van der Waals surface area (Å²) < 4.78 is 40.3. The fraction of sp³-hybridized carbons (Fsp3) is 0.360. The highest BCUT2D eigenvalue weighted by Crippen LogP contribution is 2.39. The molecule has 1 fully saturated rings. The van der Waals surface area contributed by atoms with Crippen molar-refractivity contribution in [3.63, 3.8) is 0 Å². The molecule has 0 bridgehead atoms. The molecule has 0 aliphatic carbocycles. The Labute approximate surface area is 209 Å². The normalized spacial score (nSPS) is 14.4. The van der Waals surface area contributed by atoms with E-state index in [-0.39, 0.29) is 23.4 Å². The molecule has 1 saturated heterocycles. The number of fused-ring (bicyclic) bond motifs is 1. The minimum atomic E-state index is -3.07. The summed E-state index contributed by atoms with van der Waals surface area (Å²) in [6.07, 6.45) is 8.12. The van der Waals surface area contributed by atoms with Crippen molar-refractivity contribution in [3.05, 3.63) is 54.4 Å². The van der Waals surface area contributed by atoms with Crippen LogP contribution in [0.4, 0.5) is 21.7 Å². The molecule has 1 aliphatic rings. The molecule has 36 heavy (non-hydrogen) atoms. The fourth-order valence-electron chi connectivity index (χ4n) is 4.68. The van der Waals surface area contributed by atoms with Gasteiger partial charge in [0.25, 0.3) is 0 Å². The van der Waals surface area contributed by atoms with Crippen molar-refractivity contribution in [2.75, 3.05) is 35.3 Å². The quantitative estimate of drug-likeness (QED) is 0.400. The Bertz CT molecular complexity index is 1550. The van der Waals surface area contributed by atoms with E-state index < -0.39 is 9.84 Å². The Morgan fingerprint density at radius 2 is 1.92 bits per heavy atom. The van der Waals surface area contributed by atoms with Gasteiger partial charge in [0.2, 0.25) is 0 Å². The molecule has 188 valence electrons. The summed E-state index contributed by atoms with van der Waals surface area (Å²) in [4.78, 5) is 15.4. The van der Waals surface area contributed by atoms with Crippen LogP contribution in [-0.4, -0.2) is 58.2 Å². The zero-order valence-electron chi connectivity index (χ0n) is 20.6. The zero-order valence-corrected chi connectivity index (χ0v) is 21.4. The number of sulfone groups is 1. The molecule has 4 aromatic rings. The topological polar surface area (TPSA) is 106 Å². The van der Waals surface area contributed by atoms with E-state index >= 15 is 4.39 Å². The predicted octanol–water partition coefficient (Wildman–Crippen LogP) is 3.91. The first-order valence-electron chi connectivity index (χ1n) is 11.7. The first kappa shape index (κ1) is 24.1. The highest BCUT2D eigenvalue weighted by Gasteiger charge is 2.33. The number of pyridine rings is 1. The van der Waals surface area contributed by atoms with Crippen molar-refractivity contribution in [2.45, 2.75) is 19.8 Å². The maximum absolute atomic E-state index is 15.3. The summed E-state index contributed by atoms with van der Waals surface area (Å²) in [5.41, 5.74) is 2.15. The molecule has 0 spiro atoms. The highest BCUT2D eigenvalue weighted by atomic mass is 32.2. The second-order valence-corrected chi connectivity index (χ2v) is 11.9. The lowest BCUT2D eigenvalue weighted by Crippen LogP contribution is -2.50. The molecule has 0 radical (unpaired) electrons. The van der Waals surface area contributed by atoms with Gasteiger partial charge in [-0.25, -0.2) is 27.8 Å². The number of nitrogens with zero attached hydrogens (tertiary/aromatic N) is 6. The Hall–Kier alpha value is -3.60. The molecule has 11 heteroatoms. The molecule has 4 heterocycles. The van der Waals surface area contributed by atoms with Crippen molar-refractivity contribution >= 4 is 37.9 Å². The van der Waals surface area contributed by atoms with Crippen LogP contribution < -0.4 is 10.2 Å². The smallest absolute Gasteiger partial charge is 0.164 e. The van der Waals surface area contributed by atoms with Crippen LogP contribution >= 0.6 is 0 Å². The molecule has 1 N–H and O–H groups in total. The monoisotopic (exact) mass is 509 g/mol. The van der Waals surface area contributed by atoms with Crippen LogP contribution in [0.5, 0.6) is 0 Å². The molecular formula is C25H28FN7O2S. The van der Waals surface area contributed by atoms with E-state index in [9.17, 15) is 8.42 Å². The van der Waals surface area contributed by atoms with Gasteiger partial charge in [-0.3, -0.25) is 4.68 Å². The van der Waals surface area contributed by atoms with Gasteiger partial charge in [-0.2, -0.15) is 5.10 Å². The van der Waals surface area contributed by atoms with E-state index in [1.807, 2.05) is 38.1 Å². The summed E-state index contributed by atoms with van der Waals surface area (Å²) in [6, 6.07) is 5.25. The second-order valence-electron chi connectivity index (χ2n) is 9.72. The van der Waals surface area contributed by atoms with Gasteiger partial charge < -0.3 is 10.2 Å². The number of aromatic nitrogens is 5. The van der Waals surface area contributed by atoms with Crippen molar-refractivity contribution < 1.29 is 12.8 Å². The Kier molecular flexibility index (Phi) is 6.11. The lowest BCUT2D eigenvalue weighted by atomic mass is 9.93. The van der Waals surface area contributed by atoms with Gasteiger partial charge in [-0.05, 0) is 35.1 Å². The number of anilines is 3. The summed E-state index contributed by atoms with van der Waals surface area (Å²) in [6.45, 7) is 5.05. The average Bonchev–Trinajstić information content (AvgIpc) is 3.22. The fourth-order valence-corrected chi connectivity index (χ4v) is 5.75. The van der Waals surface area contributed by atoms with E-state index in [0.29, 0.717) is 41.6 Å². The molecule has 3 aromatic heterocycles. The lowest BCUT2D eigenvalue weighted by molar-refractivity contribution is 0.438. The van der Waals surface area contributed by atoms with Crippen LogP contribution in [0.2, 0.25) is 0 Å². The molecular weight excluding hydrogens is 481 g/mol. The number of halogens is 1. The van der Waals surface area contributed by atoms with Crippen LogP contribution in [0.25, 0.3) is 22.2 Å². The third-order valence-corrected chi connectivity index (χ3v) is 7.36. The van der Waals surface area contributed by atoms with Crippen LogP contribution in [0.1, 0.15) is 25.3 Å². The Morgan fingerprint density at radius 3 is 2.58 bits per heavy atom. The largest absolute Gasteiger partial charge is 0.368 e. The van der Waals surface area contributed by atoms with Gasteiger partial charge in [0, 0.05) is 56.3 Å². The van der Waals surface area contributed by atoms with E-state index in [0.717, 1.165) is 16.5 Å². The number of hydrogen-bond acceptors (Lipinski definition) is 8. The van der Waals surface area contributed by atoms with Crippen LogP contribution in [-0.2, 0) is 16.9 Å². The first-order valence-corrected chi connectivity index (χ1v) is 13.8. The average molecular weight is 510 g/mol. The van der Waals surface area contributed by atoms with E-state index in [4.69, 9.17) is 0 Å². The maximum Gasteiger partial charge on any atom is 0.164 e. The summed E-state index contributed by atoms with van der Waals surface area (Å²) in [5, 5.41) is 9.01. The number of rotatable bonds is 7. The second kappa shape index (κ2) is 9.12. The van der Waals surface area contributed by atoms with Gasteiger partial charge in [0.1, 0.15) is 27.3 Å². The van der Waals surface area contributed by atoms with E-state index in [1.165, 1.54) is 6.26 Å². The van der Waals surface area contributed by atoms with Crippen molar-refractivity contribution in [3.8, 4) is 11.4 Å². The van der Waals surface area contributed by atoms with Crippen molar-refractivity contribution in [1.29, 1.82) is 0 Å².